The number of nitrogens with zero attached hydrogens (tertiary/aromatic N) is 3. The Morgan fingerprint density at radius 3 is 2.78 bits per heavy atom. The Kier molecular flexibility index (Phi) is 2.66. The topological polar surface area (TPSA) is 95.7 Å². The van der Waals surface area contributed by atoms with Gasteiger partial charge in [0.15, 0.2) is 5.65 Å². The van der Waals surface area contributed by atoms with Gasteiger partial charge in [0, 0.05) is 5.39 Å². The zero-order chi connectivity index (χ0) is 16.0. The predicted octanol–water partition coefficient (Wildman–Crippen LogP) is 1.14. The molecule has 6 nitrogen and oxygen atoms in total. The molecule has 6 heteroatoms. The first-order valence-corrected chi connectivity index (χ1v) is 7.05. The molecule has 1 saturated heterocycles. The molecule has 3 heterocycles. The second kappa shape index (κ2) is 4.58. The van der Waals surface area contributed by atoms with E-state index >= 15 is 0 Å². The van der Waals surface area contributed by atoms with Crippen LogP contribution in [-0.4, -0.2) is 21.8 Å². The Labute approximate surface area is 131 Å². The molecule has 0 saturated carbocycles. The predicted molar refractivity (Wildman–Crippen MR) is 80.9 cm³/mol. The third-order valence-electron chi connectivity index (χ3n) is 4.25. The van der Waals surface area contributed by atoms with Gasteiger partial charge in [-0.2, -0.15) is 5.26 Å². The van der Waals surface area contributed by atoms with E-state index in [1.54, 1.807) is 48.6 Å². The number of carbonyl (C=O) groups is 2. The van der Waals surface area contributed by atoms with Crippen molar-refractivity contribution < 1.29 is 9.59 Å². The van der Waals surface area contributed by atoms with Crippen LogP contribution in [0, 0.1) is 17.2 Å². The van der Waals surface area contributed by atoms with E-state index in [-0.39, 0.29) is 11.6 Å². The average Bonchev–Trinajstić information content (AvgIpc) is 2.86. The van der Waals surface area contributed by atoms with Crippen LogP contribution in [0.3, 0.4) is 0 Å². The minimum Gasteiger partial charge on any atom is -0.295 e. The molecular formula is C17H10N4O2. The van der Waals surface area contributed by atoms with E-state index in [9.17, 15) is 9.59 Å². The van der Waals surface area contributed by atoms with Crippen molar-refractivity contribution in [3.05, 3.63) is 60.0 Å². The Morgan fingerprint density at radius 2 is 1.96 bits per heavy atom. The standard InChI is InChI=1S/C17H10N4O2/c18-9-11-6-4-10-5-7-13(20-14(10)19-11)17-8-2-1-3-12(17)15(22)21-16(17)23/h1-8,12H,(H,21,22,23). The lowest BCUT2D eigenvalue weighted by molar-refractivity contribution is -0.126. The maximum Gasteiger partial charge on any atom is 0.243 e. The number of fused-ring (bicyclic) bond motifs is 2. The first-order valence-electron chi connectivity index (χ1n) is 7.05. The normalized spacial score (nSPS) is 25.3. The van der Waals surface area contributed by atoms with Crippen LogP contribution in [0.25, 0.3) is 11.0 Å². The number of pyridine rings is 2. The second-order valence-corrected chi connectivity index (χ2v) is 5.46. The molecule has 1 aliphatic carbocycles. The van der Waals surface area contributed by atoms with Crippen LogP contribution < -0.4 is 5.32 Å². The third kappa shape index (κ3) is 1.74. The molecule has 2 atom stereocenters. The minimum absolute atomic E-state index is 0.252. The fourth-order valence-electron chi connectivity index (χ4n) is 3.09. The summed E-state index contributed by atoms with van der Waals surface area (Å²) in [5, 5.41) is 12.1. The first-order chi connectivity index (χ1) is 11.1. The number of carbonyl (C=O) groups excluding carboxylic acids is 2. The number of hydrogen-bond donors (Lipinski definition) is 1. The molecule has 1 aliphatic heterocycles. The Morgan fingerprint density at radius 1 is 1.13 bits per heavy atom. The summed E-state index contributed by atoms with van der Waals surface area (Å²) in [5.41, 5.74) is -0.0711. The van der Waals surface area contributed by atoms with Gasteiger partial charge < -0.3 is 0 Å². The van der Waals surface area contributed by atoms with Crippen molar-refractivity contribution in [2.75, 3.05) is 0 Å². The lowest BCUT2D eigenvalue weighted by atomic mass is 9.72. The van der Waals surface area contributed by atoms with E-state index in [0.29, 0.717) is 11.3 Å². The van der Waals surface area contributed by atoms with Crippen LogP contribution in [0.2, 0.25) is 0 Å². The lowest BCUT2D eigenvalue weighted by Gasteiger charge is -2.27. The molecule has 2 amide bonds. The second-order valence-electron chi connectivity index (χ2n) is 5.46. The molecule has 1 N–H and O–H groups in total. The van der Waals surface area contributed by atoms with Crippen molar-refractivity contribution in [1.82, 2.24) is 15.3 Å². The van der Waals surface area contributed by atoms with Gasteiger partial charge in [-0.05, 0) is 24.3 Å². The SMILES string of the molecule is N#Cc1ccc2ccc(C34C=CC=CC3C(=O)NC4=O)nc2n1. The minimum atomic E-state index is -1.15. The summed E-state index contributed by atoms with van der Waals surface area (Å²) >= 11 is 0. The van der Waals surface area contributed by atoms with Crippen molar-refractivity contribution in [1.29, 1.82) is 5.26 Å². The smallest absolute Gasteiger partial charge is 0.243 e. The van der Waals surface area contributed by atoms with Crippen LogP contribution in [0.1, 0.15) is 11.4 Å². The van der Waals surface area contributed by atoms with Gasteiger partial charge >= 0.3 is 0 Å². The fourth-order valence-corrected chi connectivity index (χ4v) is 3.09. The molecule has 23 heavy (non-hydrogen) atoms. The van der Waals surface area contributed by atoms with E-state index < -0.39 is 17.2 Å². The van der Waals surface area contributed by atoms with Crippen molar-refractivity contribution >= 4 is 22.8 Å². The summed E-state index contributed by atoms with van der Waals surface area (Å²) in [7, 11) is 0. The van der Waals surface area contributed by atoms with E-state index in [0.717, 1.165) is 5.39 Å². The lowest BCUT2D eigenvalue weighted by Crippen LogP contribution is -2.39. The highest BCUT2D eigenvalue weighted by Gasteiger charge is 2.55. The van der Waals surface area contributed by atoms with E-state index in [1.165, 1.54) is 0 Å². The highest BCUT2D eigenvalue weighted by molar-refractivity contribution is 6.12. The van der Waals surface area contributed by atoms with Crippen molar-refractivity contribution in [2.24, 2.45) is 5.92 Å². The van der Waals surface area contributed by atoms with Crippen LogP contribution in [0.15, 0.2) is 48.6 Å². The van der Waals surface area contributed by atoms with Gasteiger partial charge in [0.1, 0.15) is 17.2 Å². The van der Waals surface area contributed by atoms with Crippen LogP contribution >= 0.6 is 0 Å². The fraction of sp³-hybridized carbons (Fsp3) is 0.118. The maximum atomic E-state index is 12.5. The summed E-state index contributed by atoms with van der Waals surface area (Å²) in [5.74, 6) is -1.35. The van der Waals surface area contributed by atoms with Gasteiger partial charge in [0.2, 0.25) is 11.8 Å². The van der Waals surface area contributed by atoms with E-state index in [4.69, 9.17) is 5.26 Å². The number of imide groups is 1. The van der Waals surface area contributed by atoms with Crippen molar-refractivity contribution in [3.63, 3.8) is 0 Å². The number of allylic oxidation sites excluding steroid dienone is 2. The first kappa shape index (κ1) is 13.3. The summed E-state index contributed by atoms with van der Waals surface area (Å²) < 4.78 is 0. The van der Waals surface area contributed by atoms with Crippen LogP contribution in [0.5, 0.6) is 0 Å². The van der Waals surface area contributed by atoms with Gasteiger partial charge in [-0.1, -0.05) is 24.3 Å². The molecule has 4 rings (SSSR count). The Bertz CT molecular complexity index is 970. The third-order valence-corrected chi connectivity index (χ3v) is 4.25. The summed E-state index contributed by atoms with van der Waals surface area (Å²) in [6.07, 6.45) is 6.87. The van der Waals surface area contributed by atoms with E-state index in [2.05, 4.69) is 15.3 Å². The highest BCUT2D eigenvalue weighted by atomic mass is 16.2. The van der Waals surface area contributed by atoms with Crippen LogP contribution in [-0.2, 0) is 15.0 Å². The average molecular weight is 302 g/mol. The zero-order valence-corrected chi connectivity index (χ0v) is 11.9. The molecule has 0 radical (unpaired) electrons. The highest BCUT2D eigenvalue weighted by Crippen LogP contribution is 2.41. The van der Waals surface area contributed by atoms with Crippen molar-refractivity contribution in [2.45, 2.75) is 5.41 Å². The molecule has 1 fully saturated rings. The van der Waals surface area contributed by atoms with Gasteiger partial charge in [-0.3, -0.25) is 14.9 Å². The summed E-state index contributed by atoms with van der Waals surface area (Å²) in [4.78, 5) is 33.2. The van der Waals surface area contributed by atoms with E-state index in [1.807, 2.05) is 6.07 Å². The summed E-state index contributed by atoms with van der Waals surface area (Å²) in [6.45, 7) is 0. The Hall–Kier alpha value is -3.33. The van der Waals surface area contributed by atoms with Gasteiger partial charge in [0.25, 0.3) is 0 Å². The number of hydrogen-bond acceptors (Lipinski definition) is 5. The molecule has 2 unspecified atom stereocenters. The molecule has 2 aromatic rings. The molecular weight excluding hydrogens is 292 g/mol. The number of amides is 2. The number of nitrogens with one attached hydrogen (secondary N) is 1. The van der Waals surface area contributed by atoms with Crippen molar-refractivity contribution in [3.8, 4) is 6.07 Å². The molecule has 0 aromatic carbocycles. The molecule has 0 bridgehead atoms. The number of rotatable bonds is 1. The van der Waals surface area contributed by atoms with Gasteiger partial charge in [-0.15, -0.1) is 0 Å². The summed E-state index contributed by atoms with van der Waals surface area (Å²) in [6, 6.07) is 8.85. The molecule has 2 aromatic heterocycles. The van der Waals surface area contributed by atoms with Gasteiger partial charge in [-0.25, -0.2) is 9.97 Å². The maximum absolute atomic E-state index is 12.5. The van der Waals surface area contributed by atoms with Crippen LogP contribution in [0.4, 0.5) is 0 Å². The zero-order valence-electron chi connectivity index (χ0n) is 11.9. The van der Waals surface area contributed by atoms with Gasteiger partial charge in [0.05, 0.1) is 11.6 Å². The quantitative estimate of drug-likeness (QED) is 0.797. The monoisotopic (exact) mass is 302 g/mol. The number of nitriles is 1. The molecule has 110 valence electrons. The number of aromatic nitrogens is 2. The largest absolute Gasteiger partial charge is 0.295 e. The molecule has 2 aliphatic rings. The molecule has 0 spiro atoms. The Balaban J connectivity index is 1.95.